The zero-order chi connectivity index (χ0) is 87.6. The van der Waals surface area contributed by atoms with Crippen molar-refractivity contribution < 1.29 is 80.3 Å². The van der Waals surface area contributed by atoms with Crippen LogP contribution in [-0.4, -0.2) is 152 Å². The van der Waals surface area contributed by atoms with Crippen LogP contribution in [0.4, 0.5) is 0 Å². The molecule has 0 atom stereocenters. The molecule has 1 aliphatic heterocycles. The Morgan fingerprint density at radius 1 is 0.529 bits per heavy atom. The maximum atomic E-state index is 11.0. The molecule has 1 fully saturated rings. The summed E-state index contributed by atoms with van der Waals surface area (Å²) in [6.07, 6.45) is 23.0. The number of halogens is 2. The number of aldehydes is 3. The van der Waals surface area contributed by atoms with Crippen LogP contribution in [0.25, 0.3) is 6.08 Å². The molecule has 0 aliphatic carbocycles. The molecule has 23 heteroatoms. The molecule has 1 aliphatic rings. The maximum absolute atomic E-state index is 11.0. The standard InChI is InChI=1S/C20H20OP.C15H25NO2Si.C14H25NOSi.C9H11NO.C8H9NO.C7H7NO.C6H15ClSi.C4H11NO.C4H8O.2C4H9.3CH4.ClH.2Li/c1-21-17-22(18-11-5-2-6-12-18,19-13-7-3-8-14-19)20-15-9-4-10-16-20;1-12-7-8-13(14(11-17)16-12)9-10-18-19(5,6)15(2,3)4;1-12-7-8-13(11-15-12)9-10-16-17(5,6)14(2,3)4;1-8-3-4-9(7-10-8)5-6-11-2;1-7-2-3-8(4-5-10)6-9-7;1-6-2-3-7(5-9)4-8-6;1-6(2,3)8(4,5)7;1-5(2)3-4-6;1-2-4-5-3-1;2*1-3-4-2;;;;;;/h2-16H,17H2,1H3;7-8,11H,9-10H2,1-6H3;7-8,11H,9-10H2,1-6H3;3-7H,1-2H3;2-3,5-6H,4H2,1H3;2-5H,1H3;1-5H3;6H,3-4H2,1-2H3;1-4H2;2*1,3-4H2,2H3;3*1H4;1H;;/q+1;;;;;;;;;2*-1;;;;;2*+1. The van der Waals surface area contributed by atoms with E-state index in [4.69, 9.17) is 39.2 Å². The van der Waals surface area contributed by atoms with Crippen molar-refractivity contribution in [2.45, 2.75) is 245 Å². The van der Waals surface area contributed by atoms with E-state index in [0.29, 0.717) is 40.7 Å². The second kappa shape index (κ2) is 73.7. The van der Waals surface area contributed by atoms with Crippen LogP contribution < -0.4 is 53.6 Å². The minimum Gasteiger partial charge on any atom is -0.504 e. The number of likely N-dealkylation sites (N-methyl/N-ethyl adjacent to an activating group) is 1. The van der Waals surface area contributed by atoms with E-state index in [1.54, 1.807) is 38.9 Å². The molecule has 15 nitrogen and oxygen atoms in total. The molecule has 1 saturated heterocycles. The van der Waals surface area contributed by atoms with E-state index in [-0.39, 0.29) is 84.1 Å². The van der Waals surface area contributed by atoms with Crippen molar-refractivity contribution in [2.24, 2.45) is 0 Å². The number of carbonyl (C=O) groups is 3. The van der Waals surface area contributed by atoms with Gasteiger partial charge in [0.05, 0.1) is 20.0 Å². The number of hydrogen-bond acceptors (Lipinski definition) is 15. The van der Waals surface area contributed by atoms with Gasteiger partial charge in [0.15, 0.2) is 42.9 Å². The number of hydrogen-bond donors (Lipinski definition) is 1. The van der Waals surface area contributed by atoms with Crippen molar-refractivity contribution in [1.29, 1.82) is 0 Å². The first-order valence-corrected chi connectivity index (χ1v) is 52.0. The predicted molar refractivity (Wildman–Crippen MR) is 529 cm³/mol. The number of benzene rings is 3. The summed E-state index contributed by atoms with van der Waals surface area (Å²) in [6.45, 7) is 59.1. The van der Waals surface area contributed by atoms with Crippen LogP contribution in [0, 0.1) is 48.5 Å². The van der Waals surface area contributed by atoms with E-state index in [2.05, 4.69) is 257 Å². The Hall–Kier alpha value is -5.42. The molecule has 6 heterocycles. The number of pyridine rings is 5. The van der Waals surface area contributed by atoms with Gasteiger partial charge >= 0.3 is 37.7 Å². The zero-order valence-electron chi connectivity index (χ0n) is 78.0. The second-order valence-corrected chi connectivity index (χ2v) is 52.8. The number of nitrogens with zero attached hydrogens (tertiary/aromatic N) is 6. The molecule has 670 valence electrons. The molecule has 1 N–H and O–H groups in total. The Bertz CT molecular complexity index is 3660. The molecule has 0 saturated carbocycles. The Labute approximate surface area is 777 Å². The molecule has 9 rings (SSSR count). The third kappa shape index (κ3) is 60.0. The Balaban J connectivity index is -0.000000200. The van der Waals surface area contributed by atoms with Gasteiger partial charge in [-0.1, -0.05) is 203 Å². The molecule has 121 heavy (non-hydrogen) atoms. The van der Waals surface area contributed by atoms with Crippen LogP contribution in [0.5, 0.6) is 0 Å². The number of ether oxygens (including phenoxy) is 3. The first kappa shape index (κ1) is 131. The quantitative estimate of drug-likeness (QED) is 0.0159. The summed E-state index contributed by atoms with van der Waals surface area (Å²) in [6, 6.07) is 51.7. The number of aromatic nitrogens is 5. The van der Waals surface area contributed by atoms with Crippen LogP contribution in [0.1, 0.15) is 209 Å². The minimum atomic E-state index is -1.78. The molecule has 3 aromatic carbocycles. The number of carbonyl (C=O) groups excluding carboxylic acids is 3. The summed E-state index contributed by atoms with van der Waals surface area (Å²) in [7, 11) is 0.814. The monoisotopic (exact) mass is 1770 g/mol. The van der Waals surface area contributed by atoms with Crippen LogP contribution in [-0.2, 0) is 47.1 Å². The summed E-state index contributed by atoms with van der Waals surface area (Å²) >= 11 is 6.15. The van der Waals surface area contributed by atoms with Gasteiger partial charge in [-0.05, 0) is 217 Å². The fourth-order valence-electron chi connectivity index (χ4n) is 8.45. The van der Waals surface area contributed by atoms with Gasteiger partial charge in [0, 0.05) is 105 Å². The van der Waals surface area contributed by atoms with E-state index in [0.717, 1.165) is 116 Å². The van der Waals surface area contributed by atoms with Crippen LogP contribution in [0.15, 0.2) is 183 Å². The Morgan fingerprint density at radius 3 is 1.17 bits per heavy atom. The van der Waals surface area contributed by atoms with Gasteiger partial charge in [0.25, 0.3) is 0 Å². The number of aliphatic hydroxyl groups excluding tert-OH is 1. The van der Waals surface area contributed by atoms with E-state index in [1.807, 2.05) is 115 Å². The number of rotatable bonds is 23. The molecular weight excluding hydrogens is 1610 g/mol. The smallest absolute Gasteiger partial charge is 0.504 e. The third-order valence-corrected chi connectivity index (χ3v) is 37.5. The van der Waals surface area contributed by atoms with Crippen molar-refractivity contribution in [1.82, 2.24) is 29.8 Å². The van der Waals surface area contributed by atoms with Crippen LogP contribution >= 0.6 is 30.7 Å². The summed E-state index contributed by atoms with van der Waals surface area (Å²) in [5.74, 6) is 0. The van der Waals surface area contributed by atoms with Crippen molar-refractivity contribution in [3.63, 3.8) is 0 Å². The van der Waals surface area contributed by atoms with Crippen LogP contribution in [0.3, 0.4) is 0 Å². The van der Waals surface area contributed by atoms with Gasteiger partial charge in [0.1, 0.15) is 35.2 Å². The molecule has 0 amide bonds. The normalized spacial score (nSPS) is 11.1. The largest absolute Gasteiger partial charge is 1.00 e. The van der Waals surface area contributed by atoms with Crippen molar-refractivity contribution in [3.05, 3.63) is 259 Å². The van der Waals surface area contributed by atoms with Crippen molar-refractivity contribution >= 4 is 95.6 Å². The fraction of sp³-hybridized carbons (Fsp3) is 0.490. The number of aryl methyl sites for hydroxylation is 5. The number of aliphatic hydroxyl groups is 1. The average molecular weight is 1770 g/mol. The van der Waals surface area contributed by atoms with E-state index in [9.17, 15) is 14.4 Å². The first-order valence-electron chi connectivity index (χ1n) is 40.2. The van der Waals surface area contributed by atoms with Crippen molar-refractivity contribution in [2.75, 3.05) is 74.2 Å². The Kier molecular flexibility index (Phi) is 79.9. The number of methoxy groups -OCH3 is 2. The van der Waals surface area contributed by atoms with Gasteiger partial charge in [-0.25, -0.2) is 0 Å². The first-order chi connectivity index (χ1) is 54.1. The molecule has 0 bridgehead atoms. The third-order valence-electron chi connectivity index (χ3n) is 19.0. The molecule has 0 spiro atoms. The molecule has 8 aromatic rings. The van der Waals surface area contributed by atoms with Gasteiger partial charge in [-0.2, -0.15) is 23.9 Å². The summed E-state index contributed by atoms with van der Waals surface area (Å²) in [5.41, 5.74) is 10.3. The van der Waals surface area contributed by atoms with Gasteiger partial charge in [-0.3, -0.25) is 34.5 Å². The van der Waals surface area contributed by atoms with E-state index < -0.39 is 31.3 Å². The molecule has 5 aromatic heterocycles. The zero-order valence-corrected chi connectivity index (χ0v) is 83.5. The average Bonchev–Trinajstić information content (AvgIpc) is 1.18. The van der Waals surface area contributed by atoms with E-state index in [1.165, 1.54) is 47.2 Å². The minimum absolute atomic E-state index is 0. The molecule has 0 radical (unpaired) electrons. The summed E-state index contributed by atoms with van der Waals surface area (Å²) < 4.78 is 27.7. The fourth-order valence-corrected chi connectivity index (χ4v) is 14.3. The van der Waals surface area contributed by atoms with Crippen LogP contribution in [0.2, 0.25) is 54.4 Å². The second-order valence-electron chi connectivity index (χ2n) is 32.5. The number of unbranched alkanes of at least 4 members (excludes halogenated alkanes) is 2. The molecular formula is C98H162Cl2Li2N6O9PSi3+. The predicted octanol–water partition coefficient (Wildman–Crippen LogP) is 18.8. The van der Waals surface area contributed by atoms with Gasteiger partial charge in [0.2, 0.25) is 0 Å². The topological polar surface area (TPSA) is 185 Å². The van der Waals surface area contributed by atoms with Crippen molar-refractivity contribution in [3.8, 4) is 0 Å². The maximum Gasteiger partial charge on any atom is 1.00 e. The van der Waals surface area contributed by atoms with Gasteiger partial charge < -0.3 is 51.7 Å². The van der Waals surface area contributed by atoms with E-state index >= 15 is 0 Å². The summed E-state index contributed by atoms with van der Waals surface area (Å²) in [4.78, 5) is 53.7. The molecule has 0 unspecified atom stereocenters. The van der Waals surface area contributed by atoms with Gasteiger partial charge in [-0.15, -0.1) is 12.4 Å². The Morgan fingerprint density at radius 2 is 0.893 bits per heavy atom. The summed E-state index contributed by atoms with van der Waals surface area (Å²) in [5, 5.41) is 13.1. The SMILES string of the molecule is C.C.C.C1CCOC1.CC(C)(C)[Si](C)(C)Cl.CN(C)CCO.COC=Cc1ccc(C)nc1.COC[P+](c1ccccc1)(c1ccccc1)c1ccccc1.Cc1ccc(C=O)cn1.Cc1ccc(CC=O)cn1.Cc1ccc(CCO[Si](C)(C)C(C)(C)C)c(C=O)n1.Cc1ccc(CCO[Si](C)(C)C(C)(C)C)cn1.Cl.[CH2-]CCC.[CH2-]CCC.[Li+].[Li+].